The number of amides is 1. The summed E-state index contributed by atoms with van der Waals surface area (Å²) in [4.78, 5) is 43.1. The van der Waals surface area contributed by atoms with Gasteiger partial charge in [0.1, 0.15) is 28.6 Å². The Bertz CT molecular complexity index is 1360. The van der Waals surface area contributed by atoms with E-state index in [2.05, 4.69) is 11.8 Å². The lowest BCUT2D eigenvalue weighted by molar-refractivity contribution is -0.153. The molecule has 216 valence electrons. The van der Waals surface area contributed by atoms with Gasteiger partial charge in [0.25, 0.3) is 5.91 Å². The molecule has 1 saturated carbocycles. The Morgan fingerprint density at radius 1 is 1.20 bits per heavy atom. The number of hydrogen-bond donors (Lipinski definition) is 5. The first-order valence-electron chi connectivity index (χ1n) is 13.6. The number of hydrogen-bond acceptors (Lipinski definition) is 10. The van der Waals surface area contributed by atoms with Gasteiger partial charge in [-0.3, -0.25) is 24.2 Å². The molecule has 2 fully saturated rings. The quantitative estimate of drug-likeness (QED) is 0.332. The van der Waals surface area contributed by atoms with Crippen molar-refractivity contribution in [1.82, 2.24) is 9.80 Å². The largest absolute Gasteiger partial charge is 0.508 e. The molecule has 5 rings (SSSR count). The van der Waals surface area contributed by atoms with E-state index in [0.717, 1.165) is 31.5 Å². The van der Waals surface area contributed by atoms with Crippen molar-refractivity contribution in [1.29, 1.82) is 0 Å². The van der Waals surface area contributed by atoms with Crippen molar-refractivity contribution in [2.45, 2.75) is 50.8 Å². The summed E-state index contributed by atoms with van der Waals surface area (Å²) in [5.41, 5.74) is 3.03. The number of rotatable bonds is 5. The fourth-order valence-electron chi connectivity index (χ4n) is 7.19. The molecular formula is C29H37N3O8. The Balaban J connectivity index is 1.63. The number of phenols is 1. The zero-order valence-electron chi connectivity index (χ0n) is 23.2. The molecule has 4 atom stereocenters. The average Bonchev–Trinajstić information content (AvgIpc) is 2.87. The molecule has 11 heteroatoms. The number of aliphatic hydroxyl groups excluding tert-OH is 2. The number of aliphatic hydroxyl groups is 3. The number of primary amides is 1. The Morgan fingerprint density at radius 3 is 2.42 bits per heavy atom. The number of aromatic hydroxyl groups is 1. The van der Waals surface area contributed by atoms with Crippen LogP contribution in [0.5, 0.6) is 11.5 Å². The zero-order valence-corrected chi connectivity index (χ0v) is 23.2. The summed E-state index contributed by atoms with van der Waals surface area (Å²) in [6.45, 7) is 4.61. The van der Waals surface area contributed by atoms with Gasteiger partial charge in [0.2, 0.25) is 5.78 Å². The third kappa shape index (κ3) is 4.02. The minimum atomic E-state index is -2.66. The highest BCUT2D eigenvalue weighted by Crippen LogP contribution is 2.54. The van der Waals surface area contributed by atoms with Crippen LogP contribution >= 0.6 is 0 Å². The van der Waals surface area contributed by atoms with Crippen LogP contribution in [0.3, 0.4) is 0 Å². The number of fused-ring (bicyclic) bond motifs is 3. The van der Waals surface area contributed by atoms with Gasteiger partial charge in [0.05, 0.1) is 18.7 Å². The fourth-order valence-corrected chi connectivity index (χ4v) is 7.19. The molecule has 3 aliphatic carbocycles. The zero-order chi connectivity index (χ0) is 29.3. The first-order valence-corrected chi connectivity index (χ1v) is 13.6. The lowest BCUT2D eigenvalue weighted by atomic mass is 9.57. The smallest absolute Gasteiger partial charge is 0.255 e. The molecule has 1 aliphatic heterocycles. The van der Waals surface area contributed by atoms with Crippen molar-refractivity contribution in [3.63, 3.8) is 0 Å². The number of methoxy groups -OCH3 is 1. The van der Waals surface area contributed by atoms with E-state index in [1.165, 1.54) is 18.1 Å². The Morgan fingerprint density at radius 2 is 1.85 bits per heavy atom. The van der Waals surface area contributed by atoms with Gasteiger partial charge in [0, 0.05) is 29.2 Å². The van der Waals surface area contributed by atoms with Gasteiger partial charge in [-0.05, 0) is 70.8 Å². The van der Waals surface area contributed by atoms with E-state index in [1.54, 1.807) is 14.1 Å². The number of Topliss-reactive ketones (excluding diaryl/α,β-unsaturated/α-hetero) is 2. The SMILES string of the molecule is COc1c(CN2CCC(C)CC2)cc(O)c2c1C[C@H]1C[C@H]3[C@H](N(C)C)C(=O)C(C(N)=O)=C(O)[C@@]3(O)C(=O)C1=C2O. The summed E-state index contributed by atoms with van der Waals surface area (Å²) in [6, 6.07) is 0.405. The number of carbonyl (C=O) groups is 3. The molecule has 1 amide bonds. The monoisotopic (exact) mass is 555 g/mol. The van der Waals surface area contributed by atoms with Gasteiger partial charge >= 0.3 is 0 Å². The fraction of sp³-hybridized carbons (Fsp3) is 0.552. The number of benzene rings is 1. The van der Waals surface area contributed by atoms with E-state index in [4.69, 9.17) is 10.5 Å². The van der Waals surface area contributed by atoms with Crippen LogP contribution in [-0.4, -0.2) is 93.6 Å². The maximum Gasteiger partial charge on any atom is 0.255 e. The summed E-state index contributed by atoms with van der Waals surface area (Å²) in [7, 11) is 4.66. The number of likely N-dealkylation sites (N-methyl/N-ethyl adjacent to an activating group) is 1. The first kappa shape index (κ1) is 28.1. The third-order valence-corrected chi connectivity index (χ3v) is 9.22. The molecule has 6 N–H and O–H groups in total. The van der Waals surface area contributed by atoms with Crippen LogP contribution in [0, 0.1) is 17.8 Å². The van der Waals surface area contributed by atoms with Gasteiger partial charge in [-0.25, -0.2) is 0 Å². The Hall–Kier alpha value is -3.41. The average molecular weight is 556 g/mol. The van der Waals surface area contributed by atoms with Crippen LogP contribution in [0.25, 0.3) is 5.76 Å². The topological polar surface area (TPSA) is 174 Å². The van der Waals surface area contributed by atoms with Crippen molar-refractivity contribution in [2.75, 3.05) is 34.3 Å². The lowest BCUT2D eigenvalue weighted by Crippen LogP contribution is -2.65. The summed E-state index contributed by atoms with van der Waals surface area (Å²) >= 11 is 0. The van der Waals surface area contributed by atoms with Gasteiger partial charge in [-0.15, -0.1) is 0 Å². The molecule has 0 bridgehead atoms. The molecule has 40 heavy (non-hydrogen) atoms. The molecular weight excluding hydrogens is 518 g/mol. The summed E-state index contributed by atoms with van der Waals surface area (Å²) in [5, 5.41) is 45.2. The van der Waals surface area contributed by atoms with E-state index in [-0.39, 0.29) is 29.7 Å². The maximum absolute atomic E-state index is 13.9. The minimum Gasteiger partial charge on any atom is -0.508 e. The van der Waals surface area contributed by atoms with E-state index < -0.39 is 58.0 Å². The van der Waals surface area contributed by atoms with Gasteiger partial charge in [0.15, 0.2) is 11.4 Å². The summed E-state index contributed by atoms with van der Waals surface area (Å²) in [6.07, 6.45) is 2.37. The van der Waals surface area contributed by atoms with Crippen LogP contribution in [0.1, 0.15) is 42.9 Å². The normalized spacial score (nSPS) is 29.4. The van der Waals surface area contributed by atoms with Gasteiger partial charge in [-0.2, -0.15) is 0 Å². The Labute approximate surface area is 232 Å². The molecule has 11 nitrogen and oxygen atoms in total. The van der Waals surface area contributed by atoms with Crippen molar-refractivity contribution in [3.8, 4) is 11.5 Å². The molecule has 0 aromatic heterocycles. The van der Waals surface area contributed by atoms with Crippen molar-refractivity contribution in [2.24, 2.45) is 23.5 Å². The second kappa shape index (κ2) is 9.90. The highest BCUT2D eigenvalue weighted by Gasteiger charge is 2.64. The maximum atomic E-state index is 13.9. The van der Waals surface area contributed by atoms with E-state index in [9.17, 15) is 34.8 Å². The molecule has 0 radical (unpaired) electrons. The van der Waals surface area contributed by atoms with E-state index in [0.29, 0.717) is 23.8 Å². The standard InChI is InChI=1S/C29H37N3O8/c1-13-5-7-32(8-6-13)12-15-11-18(33)20-16(25(15)40-4)9-14-10-17-22(31(2)3)24(35)21(28(30)38)27(37)29(17,39)26(36)19(14)23(20)34/h11,13-14,17,22,33-34,37,39H,5-10,12H2,1-4H3,(H2,30,38)/t14-,17-,22-,29-/m0/s1. The van der Waals surface area contributed by atoms with Crippen LogP contribution < -0.4 is 10.5 Å². The number of phenolic OH excluding ortho intramolecular Hbond substituents is 1. The summed E-state index contributed by atoms with van der Waals surface area (Å²) in [5.74, 6) is -5.53. The minimum absolute atomic E-state index is 0.0316. The molecule has 0 unspecified atom stereocenters. The molecule has 4 aliphatic rings. The third-order valence-electron chi connectivity index (χ3n) is 9.22. The van der Waals surface area contributed by atoms with Crippen molar-refractivity contribution in [3.05, 3.63) is 39.7 Å². The first-order chi connectivity index (χ1) is 18.8. The molecule has 0 spiro atoms. The van der Waals surface area contributed by atoms with Gasteiger partial charge in [-0.1, -0.05) is 6.92 Å². The number of ether oxygens (including phenoxy) is 1. The molecule has 1 heterocycles. The van der Waals surface area contributed by atoms with Crippen molar-refractivity contribution >= 4 is 23.2 Å². The predicted molar refractivity (Wildman–Crippen MR) is 144 cm³/mol. The highest BCUT2D eigenvalue weighted by atomic mass is 16.5. The Kier molecular flexibility index (Phi) is 6.96. The number of piperidine rings is 1. The number of likely N-dealkylation sites (tertiary alicyclic amines) is 1. The molecule has 1 aromatic carbocycles. The second-order valence-corrected chi connectivity index (χ2v) is 11.9. The lowest BCUT2D eigenvalue weighted by Gasteiger charge is -2.50. The van der Waals surface area contributed by atoms with Crippen LogP contribution in [0.2, 0.25) is 0 Å². The molecule has 1 aromatic rings. The second-order valence-electron chi connectivity index (χ2n) is 11.9. The van der Waals surface area contributed by atoms with Gasteiger partial charge < -0.3 is 30.9 Å². The van der Waals surface area contributed by atoms with Crippen molar-refractivity contribution < 1.29 is 39.5 Å². The van der Waals surface area contributed by atoms with E-state index in [1.807, 2.05) is 0 Å². The molecule has 1 saturated heterocycles. The number of nitrogens with two attached hydrogens (primary N) is 1. The van der Waals surface area contributed by atoms with Crippen LogP contribution in [0.4, 0.5) is 0 Å². The van der Waals surface area contributed by atoms with Crippen LogP contribution in [0.15, 0.2) is 23.0 Å². The predicted octanol–water partition coefficient (Wildman–Crippen LogP) is 1.20. The van der Waals surface area contributed by atoms with Crippen LogP contribution in [-0.2, 0) is 27.3 Å². The van der Waals surface area contributed by atoms with E-state index >= 15 is 0 Å². The highest BCUT2D eigenvalue weighted by molar-refractivity contribution is 6.24. The number of ketones is 2. The summed E-state index contributed by atoms with van der Waals surface area (Å²) < 4.78 is 5.81. The number of nitrogens with zero attached hydrogens (tertiary/aromatic N) is 2. The number of carbonyl (C=O) groups excluding carboxylic acids is 3.